The maximum absolute atomic E-state index is 10.8. The molecule has 0 saturated carbocycles. The average molecular weight is 294 g/mol. The van der Waals surface area contributed by atoms with Gasteiger partial charge in [-0.25, -0.2) is 0 Å². The molecule has 0 aliphatic heterocycles. The van der Waals surface area contributed by atoms with Crippen molar-refractivity contribution >= 4 is 23.7 Å². The van der Waals surface area contributed by atoms with Crippen LogP contribution in [0.3, 0.4) is 0 Å². The molecule has 0 aliphatic carbocycles. The number of hydrogen-bond donors (Lipinski definition) is 4. The topological polar surface area (TPSA) is 115 Å². The van der Waals surface area contributed by atoms with Gasteiger partial charge in [-0.2, -0.15) is 11.8 Å². The molecule has 0 aromatic heterocycles. The van der Waals surface area contributed by atoms with E-state index < -0.39 is 23.8 Å². The van der Waals surface area contributed by atoms with Crippen LogP contribution in [0.4, 0.5) is 0 Å². The number of rotatable bonds is 12. The molecule has 112 valence electrons. The first kappa shape index (κ1) is 18.2. The average Bonchev–Trinajstić information content (AvgIpc) is 2.35. The van der Waals surface area contributed by atoms with E-state index in [4.69, 9.17) is 20.4 Å². The fourth-order valence-corrected chi connectivity index (χ4v) is 2.75. The number of carbonyl (C=O) groups is 2. The highest BCUT2D eigenvalue weighted by molar-refractivity contribution is 7.99. The molecule has 0 amide bonds. The van der Waals surface area contributed by atoms with Crippen molar-refractivity contribution in [3.05, 3.63) is 0 Å². The van der Waals surface area contributed by atoms with E-state index in [2.05, 4.69) is 0 Å². The molecule has 6 nitrogen and oxygen atoms in total. The van der Waals surface area contributed by atoms with Crippen molar-refractivity contribution < 1.29 is 30.0 Å². The molecule has 0 rings (SSSR count). The molecule has 0 fully saturated rings. The van der Waals surface area contributed by atoms with Crippen LogP contribution in [-0.4, -0.2) is 57.1 Å². The summed E-state index contributed by atoms with van der Waals surface area (Å²) in [4.78, 5) is 21.6. The Morgan fingerprint density at radius 2 is 1.16 bits per heavy atom. The Kier molecular flexibility index (Phi) is 10.6. The zero-order valence-corrected chi connectivity index (χ0v) is 11.6. The highest BCUT2D eigenvalue weighted by atomic mass is 32.2. The summed E-state index contributed by atoms with van der Waals surface area (Å²) in [7, 11) is 0. The van der Waals surface area contributed by atoms with Crippen LogP contribution >= 0.6 is 11.8 Å². The van der Waals surface area contributed by atoms with Crippen LogP contribution in [0.5, 0.6) is 0 Å². The predicted molar refractivity (Wildman–Crippen MR) is 72.2 cm³/mol. The molecule has 0 spiro atoms. The minimum atomic E-state index is -0.904. The summed E-state index contributed by atoms with van der Waals surface area (Å²) < 4.78 is 0. The van der Waals surface area contributed by atoms with Crippen LogP contribution in [0.15, 0.2) is 0 Å². The van der Waals surface area contributed by atoms with Crippen molar-refractivity contribution in [3.63, 3.8) is 0 Å². The Balaban J connectivity index is 3.78. The molecular formula is C12H22O6S. The second kappa shape index (κ2) is 11.1. The summed E-state index contributed by atoms with van der Waals surface area (Å²) in [5.41, 5.74) is 0. The smallest absolute Gasteiger partial charge is 0.306 e. The van der Waals surface area contributed by atoms with E-state index in [-0.39, 0.29) is 26.1 Å². The Bertz CT molecular complexity index is 245. The van der Waals surface area contributed by atoms with Crippen LogP contribution < -0.4 is 0 Å². The van der Waals surface area contributed by atoms with Gasteiger partial charge in [0.25, 0.3) is 0 Å². The van der Waals surface area contributed by atoms with E-state index in [0.717, 1.165) is 0 Å². The van der Waals surface area contributed by atoms with Crippen molar-refractivity contribution in [3.8, 4) is 0 Å². The van der Waals surface area contributed by atoms with E-state index >= 15 is 0 Å². The first-order valence-corrected chi connectivity index (χ1v) is 7.43. The second-order valence-electron chi connectivity index (χ2n) is 4.28. The van der Waals surface area contributed by atoms with Crippen molar-refractivity contribution in [1.29, 1.82) is 0 Å². The Labute approximate surface area is 116 Å². The quantitative estimate of drug-likeness (QED) is 0.391. The Morgan fingerprint density at radius 1 is 0.789 bits per heavy atom. The molecule has 0 aliphatic rings. The van der Waals surface area contributed by atoms with Gasteiger partial charge in [0.15, 0.2) is 0 Å². The first-order valence-electron chi connectivity index (χ1n) is 6.28. The monoisotopic (exact) mass is 294 g/mol. The van der Waals surface area contributed by atoms with Gasteiger partial charge in [-0.15, -0.1) is 0 Å². The Hall–Kier alpha value is -0.790. The molecular weight excluding hydrogens is 272 g/mol. The van der Waals surface area contributed by atoms with E-state index in [1.165, 1.54) is 11.8 Å². The van der Waals surface area contributed by atoms with Crippen molar-refractivity contribution in [2.45, 2.75) is 25.7 Å². The molecule has 7 heteroatoms. The molecule has 0 aromatic rings. The van der Waals surface area contributed by atoms with Gasteiger partial charge in [0.2, 0.25) is 0 Å². The predicted octanol–water partition coefficient (Wildman–Crippen LogP) is 0.666. The van der Waals surface area contributed by atoms with E-state index in [1.807, 2.05) is 0 Å². The van der Waals surface area contributed by atoms with Crippen molar-refractivity contribution in [2.24, 2.45) is 11.8 Å². The fraction of sp³-hybridized carbons (Fsp3) is 0.833. The van der Waals surface area contributed by atoms with Crippen molar-refractivity contribution in [1.82, 2.24) is 0 Å². The molecule has 2 atom stereocenters. The number of aliphatic hydroxyl groups is 2. The lowest BCUT2D eigenvalue weighted by Crippen LogP contribution is -2.17. The number of hydrogen-bond acceptors (Lipinski definition) is 5. The summed E-state index contributed by atoms with van der Waals surface area (Å²) in [5.74, 6) is -1.63. The molecule has 0 bridgehead atoms. The van der Waals surface area contributed by atoms with Crippen LogP contribution in [0.1, 0.15) is 25.7 Å². The van der Waals surface area contributed by atoms with Gasteiger partial charge in [-0.05, 0) is 37.2 Å². The zero-order chi connectivity index (χ0) is 14.7. The third kappa shape index (κ3) is 8.85. The molecule has 2 unspecified atom stereocenters. The number of aliphatic hydroxyl groups excluding tert-OH is 2. The third-order valence-electron chi connectivity index (χ3n) is 2.87. The summed E-state index contributed by atoms with van der Waals surface area (Å²) in [5, 5.41) is 35.2. The van der Waals surface area contributed by atoms with Gasteiger partial charge < -0.3 is 20.4 Å². The molecule has 0 saturated heterocycles. The summed E-state index contributed by atoms with van der Waals surface area (Å²) in [6.07, 6.45) is 1.44. The lowest BCUT2D eigenvalue weighted by molar-refractivity contribution is -0.143. The van der Waals surface area contributed by atoms with E-state index in [0.29, 0.717) is 24.3 Å². The Morgan fingerprint density at radius 3 is 1.42 bits per heavy atom. The van der Waals surface area contributed by atoms with Gasteiger partial charge in [0, 0.05) is 13.2 Å². The van der Waals surface area contributed by atoms with E-state index in [9.17, 15) is 9.59 Å². The maximum atomic E-state index is 10.8. The van der Waals surface area contributed by atoms with Gasteiger partial charge in [0.05, 0.1) is 11.8 Å². The molecule has 4 N–H and O–H groups in total. The van der Waals surface area contributed by atoms with Crippen molar-refractivity contribution in [2.75, 3.05) is 24.7 Å². The van der Waals surface area contributed by atoms with Crippen LogP contribution in [0.25, 0.3) is 0 Å². The minimum Gasteiger partial charge on any atom is -0.481 e. The van der Waals surface area contributed by atoms with Gasteiger partial charge in [-0.1, -0.05) is 0 Å². The summed E-state index contributed by atoms with van der Waals surface area (Å²) in [6, 6.07) is 0. The fourth-order valence-electron chi connectivity index (χ4n) is 1.65. The highest BCUT2D eigenvalue weighted by Gasteiger charge is 2.18. The van der Waals surface area contributed by atoms with Gasteiger partial charge in [-0.3, -0.25) is 9.59 Å². The van der Waals surface area contributed by atoms with Crippen LogP contribution in [-0.2, 0) is 9.59 Å². The highest BCUT2D eigenvalue weighted by Crippen LogP contribution is 2.17. The molecule has 0 radical (unpaired) electrons. The van der Waals surface area contributed by atoms with Crippen LogP contribution in [0.2, 0.25) is 0 Å². The minimum absolute atomic E-state index is 0.140. The summed E-state index contributed by atoms with van der Waals surface area (Å²) in [6.45, 7) is -0.279. The maximum Gasteiger partial charge on any atom is 0.306 e. The van der Waals surface area contributed by atoms with E-state index in [1.54, 1.807) is 0 Å². The van der Waals surface area contributed by atoms with Gasteiger partial charge in [0.1, 0.15) is 0 Å². The number of carboxylic acid groups (broad SMARTS) is 2. The SMILES string of the molecule is O=C(O)C(CCO)CCSCCC(CCO)C(=O)O. The first-order chi connectivity index (χ1) is 9.02. The number of carboxylic acids is 2. The van der Waals surface area contributed by atoms with Crippen LogP contribution in [0, 0.1) is 11.8 Å². The lowest BCUT2D eigenvalue weighted by atomic mass is 10.0. The number of aliphatic carboxylic acids is 2. The normalized spacial score (nSPS) is 14.0. The molecule has 0 heterocycles. The zero-order valence-electron chi connectivity index (χ0n) is 10.8. The molecule has 19 heavy (non-hydrogen) atoms. The standard InChI is InChI=1S/C12H22O6S/c13-5-1-9(11(15)16)3-7-19-8-4-10(2-6-14)12(17)18/h9-10,13-14H,1-8H2,(H,15,16)(H,17,18). The van der Waals surface area contributed by atoms with Gasteiger partial charge >= 0.3 is 11.9 Å². The lowest BCUT2D eigenvalue weighted by Gasteiger charge is -2.12. The number of thioether (sulfide) groups is 1. The summed E-state index contributed by atoms with van der Waals surface area (Å²) >= 11 is 1.51. The third-order valence-corrected chi connectivity index (χ3v) is 3.92. The second-order valence-corrected chi connectivity index (χ2v) is 5.51. The largest absolute Gasteiger partial charge is 0.481 e. The molecule has 0 aromatic carbocycles.